The maximum absolute atomic E-state index is 13.5. The number of nitrogens with zero attached hydrogens (tertiary/aromatic N) is 1. The number of aromatic amines is 1. The van der Waals surface area contributed by atoms with Crippen LogP contribution >= 0.6 is 0 Å². The molecule has 3 N–H and O–H groups in total. The number of aliphatic hydroxyl groups is 2. The molecule has 1 spiro atoms. The Balaban J connectivity index is 1.31. The third kappa shape index (κ3) is 3.18. The molecule has 3 aliphatic heterocycles. The van der Waals surface area contributed by atoms with E-state index < -0.39 is 28.5 Å². The molecule has 1 aromatic heterocycles. The van der Waals surface area contributed by atoms with Crippen molar-refractivity contribution in [3.63, 3.8) is 0 Å². The second kappa shape index (κ2) is 8.66. The highest BCUT2D eigenvalue weighted by Gasteiger charge is 2.80. The lowest BCUT2D eigenvalue weighted by atomic mass is 9.41. The summed E-state index contributed by atoms with van der Waals surface area (Å²) in [7, 11) is 2.13. The van der Waals surface area contributed by atoms with Crippen LogP contribution in [-0.4, -0.2) is 82.0 Å². The Bertz CT molecular complexity index is 1260. The summed E-state index contributed by atoms with van der Waals surface area (Å²) in [6.07, 6.45) is 8.82. The quantitative estimate of drug-likeness (QED) is 0.383. The van der Waals surface area contributed by atoms with Crippen LogP contribution in [0.1, 0.15) is 87.3 Å². The Morgan fingerprint density at radius 2 is 2.10 bits per heavy atom. The second-order valence-electron chi connectivity index (χ2n) is 14.2. The van der Waals surface area contributed by atoms with Crippen LogP contribution in [-0.2, 0) is 20.6 Å². The number of hydrogen-bond acceptors (Lipinski definition) is 7. The maximum Gasteiger partial charge on any atom is 0.340 e. The number of carbonyl (C=O) groups is 1. The van der Waals surface area contributed by atoms with E-state index in [4.69, 9.17) is 14.2 Å². The number of carbonyl (C=O) groups excluding carboxylic acids is 1. The Morgan fingerprint density at radius 1 is 1.30 bits per heavy atom. The fraction of sp³-hybridized carbons (Fsp3) is 0.781. The number of hydrogen-bond donors (Lipinski definition) is 3. The lowest BCUT2D eigenvalue weighted by Gasteiger charge is -2.73. The first-order chi connectivity index (χ1) is 19.0. The van der Waals surface area contributed by atoms with Gasteiger partial charge < -0.3 is 34.3 Å². The zero-order valence-electron chi connectivity index (χ0n) is 24.7. The average molecular weight is 555 g/mol. The van der Waals surface area contributed by atoms with E-state index >= 15 is 0 Å². The second-order valence-corrected chi connectivity index (χ2v) is 14.2. The number of fused-ring (bicyclic) bond motifs is 1. The van der Waals surface area contributed by atoms with E-state index in [0.29, 0.717) is 31.4 Å². The molecule has 4 bridgehead atoms. The van der Waals surface area contributed by atoms with E-state index in [-0.39, 0.29) is 29.3 Å². The van der Waals surface area contributed by atoms with Crippen molar-refractivity contribution in [2.75, 3.05) is 26.7 Å². The molecule has 220 valence electrons. The lowest BCUT2D eigenvalue weighted by Crippen LogP contribution is -2.79. The van der Waals surface area contributed by atoms with Crippen molar-refractivity contribution in [3.8, 4) is 0 Å². The van der Waals surface area contributed by atoms with Gasteiger partial charge >= 0.3 is 5.97 Å². The van der Waals surface area contributed by atoms with Gasteiger partial charge in [-0.3, -0.25) is 0 Å². The molecule has 4 heterocycles. The standard InChI is InChI=1S/C32H46N2O6/c1-6-23-26(19(2)17-33-23)27(36)39-20(3)22-9-10-31-24-8-7-21-15-30(37)12-11-28(21,4)32(24,40-30)25(35)16-29(22,31)18-34(5)13-14-38-31/h8,17,20-22,25,33,35,37H,6-7,9-16,18H2,1-5H3. The third-order valence-corrected chi connectivity index (χ3v) is 12.4. The number of aryl methyl sites for hydroxylation is 2. The van der Waals surface area contributed by atoms with Gasteiger partial charge in [0, 0.05) is 54.6 Å². The molecule has 40 heavy (non-hydrogen) atoms. The summed E-state index contributed by atoms with van der Waals surface area (Å²) in [6, 6.07) is 0. The molecule has 6 fully saturated rings. The molecule has 0 radical (unpaired) electrons. The number of H-pyrrole nitrogens is 1. The highest BCUT2D eigenvalue weighted by Crippen LogP contribution is 2.75. The first-order valence-electron chi connectivity index (χ1n) is 15.5. The van der Waals surface area contributed by atoms with Gasteiger partial charge in [-0.15, -0.1) is 0 Å². The molecule has 7 aliphatic rings. The molecule has 0 amide bonds. The summed E-state index contributed by atoms with van der Waals surface area (Å²) in [4.78, 5) is 19.1. The van der Waals surface area contributed by atoms with Crippen molar-refractivity contribution in [1.29, 1.82) is 0 Å². The molecule has 9 atom stereocenters. The van der Waals surface area contributed by atoms with Crippen molar-refractivity contribution in [3.05, 3.63) is 34.7 Å². The number of rotatable bonds is 4. The van der Waals surface area contributed by atoms with Gasteiger partial charge in [0.25, 0.3) is 0 Å². The summed E-state index contributed by atoms with van der Waals surface area (Å²) in [6.45, 7) is 10.4. The largest absolute Gasteiger partial charge is 0.459 e. The van der Waals surface area contributed by atoms with Crippen LogP contribution in [0, 0.1) is 29.6 Å². The smallest absolute Gasteiger partial charge is 0.340 e. The molecule has 3 saturated carbocycles. The van der Waals surface area contributed by atoms with E-state index in [0.717, 1.165) is 62.0 Å². The molecule has 8 rings (SSSR count). The predicted octanol–water partition coefficient (Wildman–Crippen LogP) is 3.89. The van der Waals surface area contributed by atoms with Crippen LogP contribution in [0.3, 0.4) is 0 Å². The summed E-state index contributed by atoms with van der Waals surface area (Å²) in [5.74, 6) is -1.21. The lowest BCUT2D eigenvalue weighted by molar-refractivity contribution is -0.403. The highest BCUT2D eigenvalue weighted by atomic mass is 16.7. The first kappa shape index (κ1) is 27.1. The van der Waals surface area contributed by atoms with Crippen LogP contribution < -0.4 is 0 Å². The number of aromatic nitrogens is 1. The van der Waals surface area contributed by atoms with Crippen molar-refractivity contribution in [2.24, 2.45) is 22.7 Å². The summed E-state index contributed by atoms with van der Waals surface area (Å²) >= 11 is 0. The highest BCUT2D eigenvalue weighted by molar-refractivity contribution is 5.92. The number of nitrogens with one attached hydrogen (secondary N) is 1. The zero-order chi connectivity index (χ0) is 28.3. The first-order valence-corrected chi connectivity index (χ1v) is 15.5. The molecule has 4 aliphatic carbocycles. The van der Waals surface area contributed by atoms with Crippen LogP contribution in [0.4, 0.5) is 0 Å². The summed E-state index contributed by atoms with van der Waals surface area (Å²) in [5.41, 5.74) is 1.19. The van der Waals surface area contributed by atoms with Gasteiger partial charge in [-0.1, -0.05) is 19.9 Å². The van der Waals surface area contributed by atoms with Gasteiger partial charge in [0.1, 0.15) is 11.7 Å². The van der Waals surface area contributed by atoms with E-state index in [2.05, 4.69) is 29.9 Å². The molecule has 0 aromatic carbocycles. The third-order valence-electron chi connectivity index (χ3n) is 12.4. The van der Waals surface area contributed by atoms with Gasteiger partial charge in [0.2, 0.25) is 0 Å². The fourth-order valence-corrected chi connectivity index (χ4v) is 10.6. The van der Waals surface area contributed by atoms with Gasteiger partial charge in [-0.05, 0) is 76.5 Å². The molecule has 8 nitrogen and oxygen atoms in total. The number of esters is 1. The Kier molecular flexibility index (Phi) is 5.88. The minimum Gasteiger partial charge on any atom is -0.459 e. The predicted molar refractivity (Wildman–Crippen MR) is 149 cm³/mol. The van der Waals surface area contributed by atoms with Gasteiger partial charge in [0.05, 0.1) is 23.9 Å². The van der Waals surface area contributed by atoms with Crippen molar-refractivity contribution < 1.29 is 29.2 Å². The number of allylic oxidation sites excluding steroid dienone is 1. The Hall–Kier alpha value is -1.71. The van der Waals surface area contributed by atoms with Crippen LogP contribution in [0.25, 0.3) is 0 Å². The SMILES string of the molecule is CCc1[nH]cc(C)c1C(=O)OC(C)C1CCC23OCCN(C)CC12CC(O)C12OC4(O)CCC1(C)C(CC=C32)C4. The molecular formula is C32H46N2O6. The molecular weight excluding hydrogens is 508 g/mol. The zero-order valence-corrected chi connectivity index (χ0v) is 24.7. The van der Waals surface area contributed by atoms with Crippen molar-refractivity contribution in [1.82, 2.24) is 9.88 Å². The van der Waals surface area contributed by atoms with Crippen molar-refractivity contribution >= 4 is 5.97 Å². The summed E-state index contributed by atoms with van der Waals surface area (Å²) in [5, 5.41) is 23.9. The van der Waals surface area contributed by atoms with E-state index in [1.807, 2.05) is 27.0 Å². The number of ether oxygens (including phenoxy) is 3. The van der Waals surface area contributed by atoms with Crippen LogP contribution in [0.15, 0.2) is 17.8 Å². The monoisotopic (exact) mass is 554 g/mol. The van der Waals surface area contributed by atoms with Crippen LogP contribution in [0.5, 0.6) is 0 Å². The Morgan fingerprint density at radius 3 is 2.88 bits per heavy atom. The summed E-state index contributed by atoms with van der Waals surface area (Å²) < 4.78 is 20.1. The molecule has 1 aromatic rings. The molecule has 3 saturated heterocycles. The minimum atomic E-state index is -1.20. The maximum atomic E-state index is 13.5. The van der Waals surface area contributed by atoms with E-state index in [1.165, 1.54) is 0 Å². The molecule has 8 heteroatoms. The van der Waals surface area contributed by atoms with Gasteiger partial charge in [-0.2, -0.15) is 0 Å². The normalized spacial score (nSPS) is 46.6. The van der Waals surface area contributed by atoms with Crippen molar-refractivity contribution in [2.45, 2.75) is 108 Å². The van der Waals surface area contributed by atoms with E-state index in [1.54, 1.807) is 0 Å². The minimum absolute atomic E-state index is 0.00335. The van der Waals surface area contributed by atoms with E-state index in [9.17, 15) is 15.0 Å². The van der Waals surface area contributed by atoms with Crippen LogP contribution in [0.2, 0.25) is 0 Å². The number of aliphatic hydroxyl groups excluding tert-OH is 1. The average Bonchev–Trinajstić information content (AvgIpc) is 3.37. The van der Waals surface area contributed by atoms with Gasteiger partial charge in [0.15, 0.2) is 5.79 Å². The Labute approximate surface area is 237 Å². The topological polar surface area (TPSA) is 104 Å². The van der Waals surface area contributed by atoms with Gasteiger partial charge in [-0.25, -0.2) is 4.79 Å². The molecule has 9 unspecified atom stereocenters. The number of likely N-dealkylation sites (N-methyl/N-ethyl adjacent to an activating group) is 1. The fourth-order valence-electron chi connectivity index (χ4n) is 10.6.